The van der Waals surface area contributed by atoms with Crippen molar-refractivity contribution < 1.29 is 0 Å². The van der Waals surface area contributed by atoms with Gasteiger partial charge in [0.15, 0.2) is 0 Å². The molecule has 1 fully saturated rings. The number of hydrogen-bond acceptors (Lipinski definition) is 4. The van der Waals surface area contributed by atoms with E-state index >= 15 is 0 Å². The Morgan fingerprint density at radius 1 is 1.53 bits per heavy atom. The van der Waals surface area contributed by atoms with Crippen LogP contribution in [0.15, 0.2) is 6.07 Å². The second-order valence-corrected chi connectivity index (χ2v) is 6.54. The molecule has 3 aliphatic heterocycles. The van der Waals surface area contributed by atoms with E-state index in [1.54, 1.807) is 0 Å². The van der Waals surface area contributed by atoms with Gasteiger partial charge in [0, 0.05) is 36.7 Å². The molecule has 1 aromatic heterocycles. The molecular weight excluding hydrogens is 230 g/mol. The van der Waals surface area contributed by atoms with Crippen LogP contribution >= 0.6 is 11.8 Å². The Hall–Kier alpha value is -0.740. The van der Waals surface area contributed by atoms with Gasteiger partial charge in [-0.2, -0.15) is 0 Å². The lowest BCUT2D eigenvalue weighted by Crippen LogP contribution is -2.49. The molecule has 0 amide bonds. The smallest absolute Gasteiger partial charge is 0.132 e. The highest BCUT2D eigenvalue weighted by Gasteiger charge is 2.34. The lowest BCUT2D eigenvalue weighted by Gasteiger charge is -2.31. The zero-order chi connectivity index (χ0) is 11.4. The fourth-order valence-electron chi connectivity index (χ4n) is 3.24. The van der Waals surface area contributed by atoms with Crippen LogP contribution in [0, 0.1) is 0 Å². The molecule has 4 heterocycles. The highest BCUT2D eigenvalue weighted by atomic mass is 32.2. The minimum atomic E-state index is 0.638. The number of nitrogens with one attached hydrogen (secondary N) is 1. The van der Waals surface area contributed by atoms with E-state index in [0.717, 1.165) is 25.4 Å². The van der Waals surface area contributed by atoms with Crippen LogP contribution in [0.25, 0.3) is 0 Å². The van der Waals surface area contributed by atoms with Gasteiger partial charge in [-0.3, -0.25) is 0 Å². The highest BCUT2D eigenvalue weighted by Crippen LogP contribution is 2.43. The fourth-order valence-corrected chi connectivity index (χ4v) is 4.26. The highest BCUT2D eigenvalue weighted by molar-refractivity contribution is 7.99. The van der Waals surface area contributed by atoms with Gasteiger partial charge in [-0.05, 0) is 30.5 Å². The largest absolute Gasteiger partial charge is 0.351 e. The first-order valence-corrected chi connectivity index (χ1v) is 7.49. The molecule has 2 atom stereocenters. The van der Waals surface area contributed by atoms with E-state index in [0.29, 0.717) is 11.3 Å². The zero-order valence-corrected chi connectivity index (χ0v) is 10.9. The minimum absolute atomic E-state index is 0.638. The van der Waals surface area contributed by atoms with Gasteiger partial charge in [-0.15, -0.1) is 11.8 Å². The van der Waals surface area contributed by atoms with Gasteiger partial charge in [0.1, 0.15) is 5.82 Å². The Labute approximate surface area is 106 Å². The predicted octanol–water partition coefficient (Wildman–Crippen LogP) is 1.72. The van der Waals surface area contributed by atoms with E-state index in [-0.39, 0.29) is 0 Å². The van der Waals surface area contributed by atoms with Gasteiger partial charge >= 0.3 is 0 Å². The Morgan fingerprint density at radius 3 is 3.41 bits per heavy atom. The second kappa shape index (κ2) is 3.62. The van der Waals surface area contributed by atoms with Crippen LogP contribution in [0.4, 0.5) is 5.82 Å². The summed E-state index contributed by atoms with van der Waals surface area (Å²) in [5.41, 5.74) is 4.30. The molecule has 0 aliphatic carbocycles. The first-order chi connectivity index (χ1) is 8.33. The first kappa shape index (κ1) is 10.2. The van der Waals surface area contributed by atoms with Crippen molar-refractivity contribution >= 4 is 17.6 Å². The summed E-state index contributed by atoms with van der Waals surface area (Å²) >= 11 is 2.01. The molecule has 3 aliphatic rings. The van der Waals surface area contributed by atoms with E-state index < -0.39 is 0 Å². The predicted molar refractivity (Wildman–Crippen MR) is 71.7 cm³/mol. The number of hydrogen-bond donors (Lipinski definition) is 1. The molecule has 17 heavy (non-hydrogen) atoms. The Kier molecular flexibility index (Phi) is 2.18. The van der Waals surface area contributed by atoms with Crippen LogP contribution in [-0.2, 0) is 12.2 Å². The second-order valence-electron chi connectivity index (χ2n) is 5.22. The number of nitrogens with zero attached hydrogens (tertiary/aromatic N) is 2. The number of rotatable bonds is 0. The number of fused-ring (bicyclic) bond motifs is 4. The van der Waals surface area contributed by atoms with Gasteiger partial charge in [0.2, 0.25) is 0 Å². The molecule has 4 rings (SSSR count). The van der Waals surface area contributed by atoms with Crippen molar-refractivity contribution in [2.24, 2.45) is 0 Å². The zero-order valence-electron chi connectivity index (χ0n) is 10.1. The van der Waals surface area contributed by atoms with Gasteiger partial charge in [-0.25, -0.2) is 4.98 Å². The third-order valence-corrected chi connectivity index (χ3v) is 5.37. The topological polar surface area (TPSA) is 28.2 Å². The maximum absolute atomic E-state index is 4.95. The van der Waals surface area contributed by atoms with Crippen LogP contribution in [0.2, 0.25) is 0 Å². The average Bonchev–Trinajstić information content (AvgIpc) is 2.88. The van der Waals surface area contributed by atoms with Gasteiger partial charge in [0.25, 0.3) is 0 Å². The summed E-state index contributed by atoms with van der Waals surface area (Å²) in [5, 5.41) is 4.12. The molecule has 90 valence electrons. The molecule has 0 spiro atoms. The average molecular weight is 247 g/mol. The Bertz CT molecular complexity index is 474. The van der Waals surface area contributed by atoms with Crippen molar-refractivity contribution in [2.45, 2.75) is 30.4 Å². The van der Waals surface area contributed by atoms with Crippen LogP contribution < -0.4 is 10.2 Å². The van der Waals surface area contributed by atoms with E-state index in [4.69, 9.17) is 4.98 Å². The van der Waals surface area contributed by atoms with Crippen LogP contribution in [-0.4, -0.2) is 30.7 Å². The molecule has 0 aromatic carbocycles. The molecule has 0 radical (unpaired) electrons. The van der Waals surface area contributed by atoms with Crippen molar-refractivity contribution in [3.8, 4) is 0 Å². The van der Waals surface area contributed by atoms with Gasteiger partial charge < -0.3 is 10.2 Å². The lowest BCUT2D eigenvalue weighted by molar-refractivity contribution is 0.493. The fraction of sp³-hybridized carbons (Fsp3) is 0.615. The van der Waals surface area contributed by atoms with Crippen LogP contribution in [0.1, 0.15) is 29.0 Å². The molecule has 3 nitrogen and oxygen atoms in total. The molecular formula is C13H17N3S. The van der Waals surface area contributed by atoms with Gasteiger partial charge in [-0.1, -0.05) is 0 Å². The number of pyridine rings is 1. The van der Waals surface area contributed by atoms with Crippen molar-refractivity contribution in [1.82, 2.24) is 10.3 Å². The molecule has 0 saturated carbocycles. The molecule has 1 unspecified atom stereocenters. The number of anilines is 1. The lowest BCUT2D eigenvalue weighted by atomic mass is 10.1. The van der Waals surface area contributed by atoms with Crippen molar-refractivity contribution in [3.63, 3.8) is 0 Å². The maximum Gasteiger partial charge on any atom is 0.132 e. The summed E-state index contributed by atoms with van der Waals surface area (Å²) in [6.45, 7) is 5.63. The molecule has 0 bridgehead atoms. The summed E-state index contributed by atoms with van der Waals surface area (Å²) in [6, 6.07) is 3.08. The number of aromatic nitrogens is 1. The quantitative estimate of drug-likeness (QED) is 0.755. The summed E-state index contributed by atoms with van der Waals surface area (Å²) < 4.78 is 0. The van der Waals surface area contributed by atoms with Crippen molar-refractivity contribution in [3.05, 3.63) is 22.9 Å². The third kappa shape index (κ3) is 1.43. The maximum atomic E-state index is 4.95. The molecule has 1 N–H and O–H groups in total. The summed E-state index contributed by atoms with van der Waals surface area (Å²) in [5.74, 6) is 2.38. The standard InChI is InChI=1S/C13H17N3S/c1-8-11-5-9-4-10-6-14-2-3-16(10)13(9)15-12(11)7-17-8/h5,8,10,14H,2-4,6-7H2,1H3/t8?,10-/m1/s1. The number of piperazine rings is 1. The van der Waals surface area contributed by atoms with Crippen molar-refractivity contribution in [1.29, 1.82) is 0 Å². The monoisotopic (exact) mass is 247 g/mol. The third-order valence-electron chi connectivity index (χ3n) is 4.18. The number of thioether (sulfide) groups is 1. The van der Waals surface area contributed by atoms with Crippen LogP contribution in [0.3, 0.4) is 0 Å². The summed E-state index contributed by atoms with van der Waals surface area (Å²) in [6.07, 6.45) is 1.18. The summed E-state index contributed by atoms with van der Waals surface area (Å²) in [7, 11) is 0. The minimum Gasteiger partial charge on any atom is -0.351 e. The first-order valence-electron chi connectivity index (χ1n) is 6.44. The van der Waals surface area contributed by atoms with E-state index in [1.165, 1.54) is 29.1 Å². The van der Waals surface area contributed by atoms with E-state index in [9.17, 15) is 0 Å². The molecule has 4 heteroatoms. The SMILES string of the molecule is CC1SCc2nc3c(cc21)C[C@@H]1CNCCN31. The van der Waals surface area contributed by atoms with Crippen molar-refractivity contribution in [2.75, 3.05) is 24.5 Å². The van der Waals surface area contributed by atoms with E-state index in [1.807, 2.05) is 11.8 Å². The van der Waals surface area contributed by atoms with Gasteiger partial charge in [0.05, 0.1) is 5.69 Å². The molecule has 1 saturated heterocycles. The normalized spacial score (nSPS) is 30.1. The van der Waals surface area contributed by atoms with Crippen LogP contribution in [0.5, 0.6) is 0 Å². The summed E-state index contributed by atoms with van der Waals surface area (Å²) in [4.78, 5) is 7.46. The Morgan fingerprint density at radius 2 is 2.47 bits per heavy atom. The molecule has 1 aromatic rings. The van der Waals surface area contributed by atoms with E-state index in [2.05, 4.69) is 23.2 Å². The Balaban J connectivity index is 1.79.